The van der Waals surface area contributed by atoms with E-state index in [9.17, 15) is 22.8 Å². The van der Waals surface area contributed by atoms with Crippen LogP contribution in [-0.2, 0) is 16.4 Å². The van der Waals surface area contributed by atoms with Gasteiger partial charge in [0.2, 0.25) is 5.69 Å². The molecule has 0 radical (unpaired) electrons. The van der Waals surface area contributed by atoms with Crippen LogP contribution in [0.15, 0.2) is 63.0 Å². The summed E-state index contributed by atoms with van der Waals surface area (Å²) in [5.74, 6) is -0.684. The van der Waals surface area contributed by atoms with Gasteiger partial charge < -0.3 is 5.32 Å². The van der Waals surface area contributed by atoms with Crippen LogP contribution in [0.25, 0.3) is 5.69 Å². The van der Waals surface area contributed by atoms with E-state index in [0.29, 0.717) is 18.5 Å². The number of sulfone groups is 1. The van der Waals surface area contributed by atoms with Crippen LogP contribution in [0.3, 0.4) is 0 Å². The molecule has 1 amide bonds. The zero-order valence-electron chi connectivity index (χ0n) is 18.0. The van der Waals surface area contributed by atoms with Gasteiger partial charge >= 0.3 is 5.69 Å². The lowest BCUT2D eigenvalue weighted by atomic mass is 10.1. The summed E-state index contributed by atoms with van der Waals surface area (Å²) in [5.41, 5.74) is -0.0518. The molecule has 0 aliphatic carbocycles. The van der Waals surface area contributed by atoms with Crippen LogP contribution in [0.4, 0.5) is 0 Å². The van der Waals surface area contributed by atoms with Crippen molar-refractivity contribution in [3.8, 4) is 5.69 Å². The number of benzene rings is 2. The Labute approximate surface area is 185 Å². The van der Waals surface area contributed by atoms with Crippen LogP contribution in [0, 0.1) is 6.92 Å². The number of aromatic nitrogens is 3. The van der Waals surface area contributed by atoms with Crippen molar-refractivity contribution in [1.82, 2.24) is 19.7 Å². The number of nitrogens with one attached hydrogen (secondary N) is 1. The predicted octanol–water partition coefficient (Wildman–Crippen LogP) is 1.29. The second kappa shape index (κ2) is 9.31. The van der Waals surface area contributed by atoms with E-state index in [1.807, 2.05) is 32.0 Å². The molecule has 0 saturated carbocycles. The maximum Gasteiger partial charge on any atom is 0.352 e. The summed E-state index contributed by atoms with van der Waals surface area (Å²) < 4.78 is 25.4. The summed E-state index contributed by atoms with van der Waals surface area (Å²) in [6.07, 6.45) is 1.74. The molecule has 0 fully saturated rings. The Bertz CT molecular complexity index is 1370. The lowest BCUT2D eigenvalue weighted by Crippen LogP contribution is -2.46. The monoisotopic (exact) mass is 456 g/mol. The Kier molecular flexibility index (Phi) is 6.73. The van der Waals surface area contributed by atoms with Gasteiger partial charge in [0.25, 0.3) is 11.5 Å². The fraction of sp³-hybridized carbons (Fsp3) is 0.273. The molecule has 32 heavy (non-hydrogen) atoms. The Morgan fingerprint density at radius 3 is 2.38 bits per heavy atom. The summed E-state index contributed by atoms with van der Waals surface area (Å²) in [5, 5.41) is 6.62. The minimum atomic E-state index is -3.43. The van der Waals surface area contributed by atoms with Gasteiger partial charge in [0.05, 0.1) is 17.1 Å². The Balaban J connectivity index is 2.19. The van der Waals surface area contributed by atoms with Crippen molar-refractivity contribution in [2.45, 2.75) is 31.7 Å². The second-order valence-electron chi connectivity index (χ2n) is 7.45. The summed E-state index contributed by atoms with van der Waals surface area (Å²) in [7, 11) is -3.43. The van der Waals surface area contributed by atoms with Crippen LogP contribution in [0.1, 0.15) is 35.0 Å². The lowest BCUT2D eigenvalue weighted by Gasteiger charge is -2.13. The average molecular weight is 457 g/mol. The molecule has 0 aliphatic heterocycles. The molecule has 10 heteroatoms. The number of carbonyl (C=O) groups excluding carboxylic acids is 1. The van der Waals surface area contributed by atoms with Gasteiger partial charge in [0.15, 0.2) is 9.84 Å². The van der Waals surface area contributed by atoms with Crippen LogP contribution in [0.5, 0.6) is 0 Å². The maximum absolute atomic E-state index is 13.2. The Morgan fingerprint density at radius 2 is 1.78 bits per heavy atom. The highest BCUT2D eigenvalue weighted by Crippen LogP contribution is 2.12. The summed E-state index contributed by atoms with van der Waals surface area (Å²) >= 11 is 0. The lowest BCUT2D eigenvalue weighted by molar-refractivity contribution is 0.0944. The Morgan fingerprint density at radius 1 is 1.09 bits per heavy atom. The normalized spacial score (nSPS) is 11.3. The van der Waals surface area contributed by atoms with Crippen molar-refractivity contribution < 1.29 is 13.2 Å². The molecule has 3 rings (SSSR count). The minimum Gasteiger partial charge on any atom is -0.350 e. The molecular weight excluding hydrogens is 432 g/mol. The van der Waals surface area contributed by atoms with Crippen molar-refractivity contribution in [2.24, 2.45) is 0 Å². The van der Waals surface area contributed by atoms with Crippen molar-refractivity contribution in [3.63, 3.8) is 0 Å². The predicted molar refractivity (Wildman–Crippen MR) is 120 cm³/mol. The van der Waals surface area contributed by atoms with E-state index in [-0.39, 0.29) is 17.1 Å². The largest absolute Gasteiger partial charge is 0.352 e. The van der Waals surface area contributed by atoms with E-state index in [2.05, 4.69) is 10.4 Å². The van der Waals surface area contributed by atoms with Gasteiger partial charge in [-0.15, -0.1) is 0 Å². The second-order valence-corrected chi connectivity index (χ2v) is 9.46. The molecule has 1 heterocycles. The number of rotatable bonds is 7. The van der Waals surface area contributed by atoms with Crippen LogP contribution >= 0.6 is 0 Å². The van der Waals surface area contributed by atoms with E-state index in [4.69, 9.17) is 0 Å². The number of nitrogens with zero attached hydrogens (tertiary/aromatic N) is 3. The van der Waals surface area contributed by atoms with Crippen molar-refractivity contribution in [2.75, 3.05) is 12.8 Å². The first kappa shape index (κ1) is 23.1. The van der Waals surface area contributed by atoms with E-state index in [1.54, 1.807) is 6.07 Å². The van der Waals surface area contributed by atoms with Crippen LogP contribution in [-0.4, -0.2) is 41.5 Å². The molecule has 1 aromatic heterocycles. The molecule has 0 atom stereocenters. The third-order valence-corrected chi connectivity index (χ3v) is 5.87. The molecule has 0 bridgehead atoms. The first-order valence-corrected chi connectivity index (χ1v) is 11.9. The molecule has 0 unspecified atom stereocenters. The fourth-order valence-electron chi connectivity index (χ4n) is 3.11. The van der Waals surface area contributed by atoms with Gasteiger partial charge in [0, 0.05) is 12.8 Å². The topological polar surface area (TPSA) is 120 Å². The minimum absolute atomic E-state index is 0.0443. The number of hydrogen-bond acceptors (Lipinski definition) is 6. The average Bonchev–Trinajstić information content (AvgIpc) is 2.74. The maximum atomic E-state index is 13.2. The number of carbonyl (C=O) groups is 1. The number of hydrogen-bond donors (Lipinski definition) is 1. The molecule has 1 N–H and O–H groups in total. The highest BCUT2D eigenvalue weighted by Gasteiger charge is 2.20. The van der Waals surface area contributed by atoms with Crippen LogP contribution < -0.4 is 16.6 Å². The van der Waals surface area contributed by atoms with Gasteiger partial charge in [-0.2, -0.15) is 9.78 Å². The molecule has 2 aromatic carbocycles. The van der Waals surface area contributed by atoms with Gasteiger partial charge in [-0.05, 0) is 43.2 Å². The van der Waals surface area contributed by atoms with Gasteiger partial charge in [-0.3, -0.25) is 14.2 Å². The fourth-order valence-corrected chi connectivity index (χ4v) is 3.75. The summed E-state index contributed by atoms with van der Waals surface area (Å²) in [4.78, 5) is 38.8. The number of aryl methyl sites for hydroxylation is 1. The molecule has 3 aromatic rings. The third kappa shape index (κ3) is 5.02. The Hall–Kier alpha value is -3.53. The van der Waals surface area contributed by atoms with E-state index in [0.717, 1.165) is 21.1 Å². The SMILES string of the molecule is CCCNC(=O)c1nn(-c2ccc(S(C)(=O)=O)cc2)c(=O)n(Cc2cccc(C)c2)c1=O. The third-order valence-electron chi connectivity index (χ3n) is 4.74. The van der Waals surface area contributed by atoms with Crippen molar-refractivity contribution in [1.29, 1.82) is 0 Å². The molecular formula is C22H24N4O5S. The molecule has 0 spiro atoms. The number of amides is 1. The first-order chi connectivity index (χ1) is 15.1. The van der Waals surface area contributed by atoms with E-state index < -0.39 is 32.7 Å². The first-order valence-electron chi connectivity index (χ1n) is 10.00. The van der Waals surface area contributed by atoms with Crippen molar-refractivity contribution >= 4 is 15.7 Å². The van der Waals surface area contributed by atoms with Crippen LogP contribution in [0.2, 0.25) is 0 Å². The standard InChI is InChI=1S/C22H24N4O5S/c1-4-12-23-20(27)19-21(28)25(14-16-7-5-6-15(2)13-16)22(29)26(24-19)17-8-10-18(11-9-17)32(3,30)31/h5-11,13H,4,12,14H2,1-3H3,(H,23,27). The smallest absolute Gasteiger partial charge is 0.350 e. The highest BCUT2D eigenvalue weighted by molar-refractivity contribution is 7.90. The van der Waals surface area contributed by atoms with E-state index in [1.165, 1.54) is 24.3 Å². The van der Waals surface area contributed by atoms with Gasteiger partial charge in [0.1, 0.15) is 0 Å². The van der Waals surface area contributed by atoms with Gasteiger partial charge in [-0.25, -0.2) is 13.2 Å². The van der Waals surface area contributed by atoms with E-state index >= 15 is 0 Å². The molecule has 9 nitrogen and oxygen atoms in total. The molecule has 0 aliphatic rings. The molecule has 168 valence electrons. The quantitative estimate of drug-likeness (QED) is 0.572. The summed E-state index contributed by atoms with van der Waals surface area (Å²) in [6.45, 7) is 4.06. The summed E-state index contributed by atoms with van der Waals surface area (Å²) in [6, 6.07) is 12.8. The van der Waals surface area contributed by atoms with Gasteiger partial charge in [-0.1, -0.05) is 36.8 Å². The molecule has 0 saturated heterocycles. The highest BCUT2D eigenvalue weighted by atomic mass is 32.2. The zero-order valence-corrected chi connectivity index (χ0v) is 18.8. The zero-order chi connectivity index (χ0) is 23.5. The van der Waals surface area contributed by atoms with Crippen molar-refractivity contribution in [3.05, 3.63) is 86.2 Å².